The second-order valence-corrected chi connectivity index (χ2v) is 14.4. The summed E-state index contributed by atoms with van der Waals surface area (Å²) in [7, 11) is 0. The number of rotatable bonds is 27. The zero-order valence-electron chi connectivity index (χ0n) is 34.1. The Hall–Kier alpha value is -5.31. The minimum absolute atomic E-state index is 0.0501. The van der Waals surface area contributed by atoms with Crippen LogP contribution in [-0.4, -0.2) is 30.9 Å². The summed E-state index contributed by atoms with van der Waals surface area (Å²) in [6, 6.07) is 24.9. The zero-order valence-corrected chi connectivity index (χ0v) is 34.1. The minimum atomic E-state index is -0.627. The van der Waals surface area contributed by atoms with Gasteiger partial charge in [-0.2, -0.15) is 5.11 Å². The van der Waals surface area contributed by atoms with E-state index in [0.717, 1.165) is 25.7 Å². The second-order valence-electron chi connectivity index (χ2n) is 14.4. The van der Waals surface area contributed by atoms with E-state index in [0.29, 0.717) is 47.1 Å². The molecule has 9 heteroatoms. The maximum Gasteiger partial charge on any atom is 0.343 e. The Morgan fingerprint density at radius 1 is 0.456 bits per heavy atom. The molecular weight excluding hydrogens is 717 g/mol. The Kier molecular flexibility index (Phi) is 20.1. The Morgan fingerprint density at radius 2 is 0.877 bits per heavy atom. The molecule has 4 rings (SSSR count). The fourth-order valence-corrected chi connectivity index (χ4v) is 6.15. The average Bonchev–Trinajstić information content (AvgIpc) is 3.22. The number of Topliss-reactive ketones (excluding diaryl/α,β-unsaturated/α-hetero) is 1. The molecule has 0 spiro atoms. The predicted molar refractivity (Wildman–Crippen MR) is 226 cm³/mol. The van der Waals surface area contributed by atoms with Crippen molar-refractivity contribution in [1.82, 2.24) is 0 Å². The molecule has 9 nitrogen and oxygen atoms in total. The first-order valence-corrected chi connectivity index (χ1v) is 20.9. The number of nitrogens with zero attached hydrogens (tertiary/aromatic N) is 2. The Morgan fingerprint density at radius 3 is 1.35 bits per heavy atom. The SMILES string of the molecule is CCCCCCCCCCOc1ccc(C(=O)Oc2ccc(N=Nc3ccc(C(C)=O)cc3)c(OC(=O)c3ccc(OCCCCCCCCCC)cc3)c2)cc1. The molecule has 0 N–H and O–H groups in total. The molecule has 0 aliphatic carbocycles. The second kappa shape index (κ2) is 25.8. The minimum Gasteiger partial charge on any atom is -0.494 e. The molecule has 0 bridgehead atoms. The van der Waals surface area contributed by atoms with E-state index in [1.807, 2.05) is 0 Å². The molecule has 0 saturated carbocycles. The van der Waals surface area contributed by atoms with Gasteiger partial charge in [-0.3, -0.25) is 4.79 Å². The molecule has 304 valence electrons. The van der Waals surface area contributed by atoms with E-state index in [-0.39, 0.29) is 23.0 Å². The van der Waals surface area contributed by atoms with E-state index < -0.39 is 11.9 Å². The third-order valence-electron chi connectivity index (χ3n) is 9.60. The van der Waals surface area contributed by atoms with Gasteiger partial charge >= 0.3 is 11.9 Å². The molecular formula is C48H60N2O7. The molecule has 0 amide bonds. The van der Waals surface area contributed by atoms with Crippen molar-refractivity contribution in [3.63, 3.8) is 0 Å². The predicted octanol–water partition coefficient (Wildman–Crippen LogP) is 13.8. The van der Waals surface area contributed by atoms with Crippen LogP contribution in [0, 0.1) is 0 Å². The van der Waals surface area contributed by atoms with Crippen molar-refractivity contribution in [3.8, 4) is 23.0 Å². The molecule has 0 aliphatic heterocycles. The van der Waals surface area contributed by atoms with Gasteiger partial charge in [0.25, 0.3) is 0 Å². The van der Waals surface area contributed by atoms with E-state index in [4.69, 9.17) is 18.9 Å². The number of benzene rings is 4. The first kappa shape index (κ1) is 44.4. The monoisotopic (exact) mass is 776 g/mol. The number of ketones is 1. The highest BCUT2D eigenvalue weighted by Crippen LogP contribution is 2.34. The van der Waals surface area contributed by atoms with Gasteiger partial charge in [0, 0.05) is 11.6 Å². The maximum absolute atomic E-state index is 13.4. The van der Waals surface area contributed by atoms with Gasteiger partial charge in [-0.1, -0.05) is 104 Å². The molecule has 0 fully saturated rings. The quantitative estimate of drug-likeness (QED) is 0.0195. The van der Waals surface area contributed by atoms with E-state index in [9.17, 15) is 14.4 Å². The summed E-state index contributed by atoms with van der Waals surface area (Å²) in [4.78, 5) is 38.2. The van der Waals surface area contributed by atoms with Gasteiger partial charge in [0.1, 0.15) is 22.9 Å². The largest absolute Gasteiger partial charge is 0.494 e. The average molecular weight is 777 g/mol. The van der Waals surface area contributed by atoms with Crippen molar-refractivity contribution in [2.75, 3.05) is 13.2 Å². The topological polar surface area (TPSA) is 113 Å². The van der Waals surface area contributed by atoms with Gasteiger partial charge < -0.3 is 18.9 Å². The number of azo groups is 1. The maximum atomic E-state index is 13.4. The third kappa shape index (κ3) is 16.8. The van der Waals surface area contributed by atoms with Gasteiger partial charge in [-0.15, -0.1) is 5.11 Å². The van der Waals surface area contributed by atoms with E-state index >= 15 is 0 Å². The van der Waals surface area contributed by atoms with E-state index in [2.05, 4.69) is 24.1 Å². The highest BCUT2D eigenvalue weighted by molar-refractivity contribution is 5.94. The lowest BCUT2D eigenvalue weighted by molar-refractivity contribution is 0.0732. The summed E-state index contributed by atoms with van der Waals surface area (Å²) in [5, 5.41) is 8.59. The fraction of sp³-hybridized carbons (Fsp3) is 0.438. The van der Waals surface area contributed by atoms with Gasteiger partial charge in [0.2, 0.25) is 0 Å². The van der Waals surface area contributed by atoms with Crippen LogP contribution >= 0.6 is 0 Å². The Labute approximate surface area is 339 Å². The first-order chi connectivity index (χ1) is 27.9. The number of unbranched alkanes of at least 4 members (excludes halogenated alkanes) is 14. The van der Waals surface area contributed by atoms with Crippen LogP contribution < -0.4 is 18.9 Å². The van der Waals surface area contributed by atoms with Crippen LogP contribution in [0.5, 0.6) is 23.0 Å². The van der Waals surface area contributed by atoms with Gasteiger partial charge in [-0.05, 0) is 105 Å². The molecule has 0 aliphatic rings. The van der Waals surface area contributed by atoms with Crippen LogP contribution in [0.1, 0.15) is 155 Å². The van der Waals surface area contributed by atoms with Crippen LogP contribution in [0.2, 0.25) is 0 Å². The highest BCUT2D eigenvalue weighted by atomic mass is 16.5. The van der Waals surface area contributed by atoms with Crippen molar-refractivity contribution in [1.29, 1.82) is 0 Å². The van der Waals surface area contributed by atoms with Crippen LogP contribution in [0.3, 0.4) is 0 Å². The van der Waals surface area contributed by atoms with Gasteiger partial charge in [-0.25, -0.2) is 9.59 Å². The van der Waals surface area contributed by atoms with Gasteiger partial charge in [0.05, 0.1) is 30.0 Å². The molecule has 57 heavy (non-hydrogen) atoms. The fourth-order valence-electron chi connectivity index (χ4n) is 6.15. The summed E-state index contributed by atoms with van der Waals surface area (Å²) in [5.74, 6) is 0.317. The van der Waals surface area contributed by atoms with Crippen molar-refractivity contribution in [3.05, 3.63) is 108 Å². The van der Waals surface area contributed by atoms with Crippen molar-refractivity contribution < 1.29 is 33.3 Å². The summed E-state index contributed by atoms with van der Waals surface area (Å²) in [6.07, 6.45) is 19.6. The lowest BCUT2D eigenvalue weighted by atomic mass is 10.1. The third-order valence-corrected chi connectivity index (χ3v) is 9.60. The smallest absolute Gasteiger partial charge is 0.343 e. The summed E-state index contributed by atoms with van der Waals surface area (Å²) in [6.45, 7) is 7.20. The lowest BCUT2D eigenvalue weighted by Crippen LogP contribution is -2.10. The summed E-state index contributed by atoms with van der Waals surface area (Å²) >= 11 is 0. The summed E-state index contributed by atoms with van der Waals surface area (Å²) in [5.41, 5.74) is 1.95. The Bertz CT molecular complexity index is 1820. The molecule has 0 heterocycles. The van der Waals surface area contributed by atoms with Crippen LogP contribution in [-0.2, 0) is 0 Å². The number of hydrogen-bond donors (Lipinski definition) is 0. The van der Waals surface area contributed by atoms with Gasteiger partial charge in [0.15, 0.2) is 11.5 Å². The lowest BCUT2D eigenvalue weighted by Gasteiger charge is -2.11. The highest BCUT2D eigenvalue weighted by Gasteiger charge is 2.16. The number of ether oxygens (including phenoxy) is 4. The van der Waals surface area contributed by atoms with Crippen LogP contribution in [0.15, 0.2) is 101 Å². The van der Waals surface area contributed by atoms with Crippen molar-refractivity contribution in [2.24, 2.45) is 10.2 Å². The molecule has 0 aromatic heterocycles. The van der Waals surface area contributed by atoms with Crippen molar-refractivity contribution in [2.45, 2.75) is 124 Å². The molecule has 0 unspecified atom stereocenters. The number of carbonyl (C=O) groups is 3. The van der Waals surface area contributed by atoms with Crippen molar-refractivity contribution >= 4 is 29.1 Å². The number of esters is 2. The normalized spacial score (nSPS) is 11.1. The molecule has 4 aromatic carbocycles. The molecule has 0 saturated heterocycles. The first-order valence-electron chi connectivity index (χ1n) is 20.9. The van der Waals surface area contributed by atoms with E-state index in [1.165, 1.54) is 90.0 Å². The zero-order chi connectivity index (χ0) is 40.5. The molecule has 0 atom stereocenters. The number of hydrogen-bond acceptors (Lipinski definition) is 9. The Balaban J connectivity index is 1.35. The number of carbonyl (C=O) groups excluding carboxylic acids is 3. The summed E-state index contributed by atoms with van der Waals surface area (Å²) < 4.78 is 23.3. The standard InChI is InChI=1S/C48H60N2O7/c1-4-6-8-10-12-14-16-18-34-54-42-28-22-39(23-29-42)47(52)56-44-32-33-45(50-49-41-26-20-38(21-27-41)37(3)51)46(36-44)57-48(53)40-24-30-43(31-25-40)55-35-19-17-15-13-11-9-7-5-2/h20-33,36H,4-19,34-35H2,1-3H3. The van der Waals surface area contributed by atoms with Crippen LogP contribution in [0.4, 0.5) is 11.4 Å². The van der Waals surface area contributed by atoms with Crippen LogP contribution in [0.25, 0.3) is 0 Å². The molecule has 4 aromatic rings. The molecule has 0 radical (unpaired) electrons. The van der Waals surface area contributed by atoms with E-state index in [1.54, 1.807) is 84.9 Å².